The molecule has 0 radical (unpaired) electrons. The lowest BCUT2D eigenvalue weighted by Gasteiger charge is -2.26. The Morgan fingerprint density at radius 2 is 1.93 bits per heavy atom. The maximum atomic E-state index is 13.0. The Kier molecular flexibility index (Phi) is 6.30. The second-order valence-corrected chi connectivity index (χ2v) is 6.72. The van der Waals surface area contributed by atoms with Gasteiger partial charge >= 0.3 is 0 Å². The zero-order valence-corrected chi connectivity index (χ0v) is 16.5. The van der Waals surface area contributed by atoms with E-state index < -0.39 is 11.8 Å². The molecule has 1 aliphatic rings. The van der Waals surface area contributed by atoms with Crippen LogP contribution in [0.3, 0.4) is 0 Å². The summed E-state index contributed by atoms with van der Waals surface area (Å²) in [7, 11) is 0. The molecule has 1 aliphatic heterocycles. The third-order valence-corrected chi connectivity index (χ3v) is 4.68. The molecule has 6 heteroatoms. The quantitative estimate of drug-likeness (QED) is 0.401. The number of hydrogen-bond donors (Lipinski definition) is 0. The highest BCUT2D eigenvalue weighted by atomic mass is 16.5. The van der Waals surface area contributed by atoms with Gasteiger partial charge in [0.15, 0.2) is 0 Å². The SMILES string of the molecule is CCCCOc1ccc(/C=C2/C(=O)N(Cc3ccco3)C(=O)C(C#N)=C2C)cc1. The van der Waals surface area contributed by atoms with Crippen LogP contribution >= 0.6 is 0 Å². The highest BCUT2D eigenvalue weighted by molar-refractivity contribution is 6.19. The Morgan fingerprint density at radius 1 is 1.17 bits per heavy atom. The van der Waals surface area contributed by atoms with Crippen LogP contribution in [0, 0.1) is 11.3 Å². The average molecular weight is 390 g/mol. The number of furan rings is 1. The van der Waals surface area contributed by atoms with E-state index >= 15 is 0 Å². The lowest BCUT2D eigenvalue weighted by atomic mass is 9.93. The Balaban J connectivity index is 1.89. The molecule has 0 spiro atoms. The summed E-state index contributed by atoms with van der Waals surface area (Å²) in [4.78, 5) is 26.7. The van der Waals surface area contributed by atoms with E-state index in [1.165, 1.54) is 6.26 Å². The van der Waals surface area contributed by atoms with Gasteiger partial charge in [-0.25, -0.2) is 0 Å². The highest BCUT2D eigenvalue weighted by Crippen LogP contribution is 2.28. The maximum absolute atomic E-state index is 13.0. The number of nitrogens with zero attached hydrogens (tertiary/aromatic N) is 2. The van der Waals surface area contributed by atoms with Crippen molar-refractivity contribution in [2.45, 2.75) is 33.2 Å². The van der Waals surface area contributed by atoms with Gasteiger partial charge in [-0.05, 0) is 54.8 Å². The number of imide groups is 1. The van der Waals surface area contributed by atoms with Gasteiger partial charge in [-0.2, -0.15) is 5.26 Å². The van der Waals surface area contributed by atoms with Crippen molar-refractivity contribution in [3.63, 3.8) is 0 Å². The van der Waals surface area contributed by atoms with Crippen LogP contribution in [-0.2, 0) is 16.1 Å². The fourth-order valence-corrected chi connectivity index (χ4v) is 2.99. The van der Waals surface area contributed by atoms with Gasteiger partial charge in [0, 0.05) is 5.57 Å². The molecular formula is C23H22N2O4. The summed E-state index contributed by atoms with van der Waals surface area (Å²) in [5.74, 6) is 0.168. The molecule has 2 aromatic rings. The molecule has 2 amide bonds. The average Bonchev–Trinajstić information content (AvgIpc) is 3.24. The molecule has 0 aliphatic carbocycles. The Morgan fingerprint density at radius 3 is 2.55 bits per heavy atom. The first kappa shape index (κ1) is 20.2. The van der Waals surface area contributed by atoms with Gasteiger partial charge in [-0.15, -0.1) is 0 Å². The molecule has 0 bridgehead atoms. The monoisotopic (exact) mass is 390 g/mol. The maximum Gasteiger partial charge on any atom is 0.272 e. The summed E-state index contributed by atoms with van der Waals surface area (Å²) in [6.07, 6.45) is 5.21. The summed E-state index contributed by atoms with van der Waals surface area (Å²) in [5.41, 5.74) is 1.43. The zero-order valence-electron chi connectivity index (χ0n) is 16.5. The summed E-state index contributed by atoms with van der Waals surface area (Å²) in [6.45, 7) is 4.36. The van der Waals surface area contributed by atoms with E-state index in [1.807, 2.05) is 30.3 Å². The van der Waals surface area contributed by atoms with Crippen LogP contribution in [0.1, 0.15) is 38.0 Å². The van der Waals surface area contributed by atoms with E-state index in [0.29, 0.717) is 23.5 Å². The molecule has 6 nitrogen and oxygen atoms in total. The van der Waals surface area contributed by atoms with E-state index in [2.05, 4.69) is 6.92 Å². The lowest BCUT2D eigenvalue weighted by Crippen LogP contribution is -2.42. The molecule has 0 N–H and O–H groups in total. The van der Waals surface area contributed by atoms with Crippen molar-refractivity contribution in [2.75, 3.05) is 6.61 Å². The fourth-order valence-electron chi connectivity index (χ4n) is 2.99. The van der Waals surface area contributed by atoms with Crippen molar-refractivity contribution in [3.8, 4) is 11.8 Å². The summed E-state index contributed by atoms with van der Waals surface area (Å²) < 4.78 is 10.9. The standard InChI is InChI=1S/C23H22N2O4/c1-3-4-11-28-18-9-7-17(8-10-18)13-20-16(2)21(14-24)23(27)25(22(20)26)15-19-6-5-12-29-19/h5-10,12-13H,3-4,11,15H2,1-2H3/b20-13+. The molecule has 0 unspecified atom stereocenters. The van der Waals surface area contributed by atoms with Crippen LogP contribution in [0.4, 0.5) is 0 Å². The van der Waals surface area contributed by atoms with Crippen LogP contribution in [0.15, 0.2) is 63.8 Å². The van der Waals surface area contributed by atoms with Gasteiger partial charge < -0.3 is 9.15 Å². The molecule has 0 fully saturated rings. The zero-order chi connectivity index (χ0) is 20.8. The molecular weight excluding hydrogens is 368 g/mol. The van der Waals surface area contributed by atoms with Crippen molar-refractivity contribution in [1.82, 2.24) is 4.90 Å². The summed E-state index contributed by atoms with van der Waals surface area (Å²) in [5, 5.41) is 9.45. The Labute approximate surface area is 169 Å². The largest absolute Gasteiger partial charge is 0.494 e. The van der Waals surface area contributed by atoms with Crippen LogP contribution in [-0.4, -0.2) is 23.3 Å². The molecule has 2 heterocycles. The first-order valence-corrected chi connectivity index (χ1v) is 9.49. The number of rotatable bonds is 7. The smallest absolute Gasteiger partial charge is 0.272 e. The van der Waals surface area contributed by atoms with Gasteiger partial charge in [-0.1, -0.05) is 25.5 Å². The predicted molar refractivity (Wildman–Crippen MR) is 107 cm³/mol. The van der Waals surface area contributed by atoms with Crippen molar-refractivity contribution < 1.29 is 18.7 Å². The number of benzene rings is 1. The number of amides is 2. The van der Waals surface area contributed by atoms with E-state index in [9.17, 15) is 14.9 Å². The van der Waals surface area contributed by atoms with Crippen LogP contribution in [0.5, 0.6) is 5.75 Å². The number of unbranched alkanes of at least 4 members (excludes halogenated alkanes) is 1. The van der Waals surface area contributed by atoms with Crippen molar-refractivity contribution in [2.24, 2.45) is 0 Å². The fraction of sp³-hybridized carbons (Fsp3) is 0.261. The third-order valence-electron chi connectivity index (χ3n) is 4.68. The Bertz CT molecular complexity index is 992. The number of nitriles is 1. The van der Waals surface area contributed by atoms with Crippen molar-refractivity contribution in [3.05, 3.63) is 70.7 Å². The highest BCUT2D eigenvalue weighted by Gasteiger charge is 2.35. The number of carbonyl (C=O) groups is 2. The number of hydrogen-bond acceptors (Lipinski definition) is 5. The third kappa shape index (κ3) is 4.46. The van der Waals surface area contributed by atoms with Crippen LogP contribution in [0.2, 0.25) is 0 Å². The van der Waals surface area contributed by atoms with Gasteiger partial charge in [0.1, 0.15) is 23.2 Å². The van der Waals surface area contributed by atoms with E-state index in [-0.39, 0.29) is 12.1 Å². The molecule has 0 saturated heterocycles. The van der Waals surface area contributed by atoms with E-state index in [1.54, 1.807) is 25.1 Å². The molecule has 148 valence electrons. The molecule has 0 atom stereocenters. The lowest BCUT2D eigenvalue weighted by molar-refractivity contribution is -0.141. The van der Waals surface area contributed by atoms with Gasteiger partial charge in [0.05, 0.1) is 19.4 Å². The number of carbonyl (C=O) groups excluding carboxylic acids is 2. The molecule has 0 saturated carbocycles. The van der Waals surface area contributed by atoms with Gasteiger partial charge in [0.25, 0.3) is 11.8 Å². The molecule has 29 heavy (non-hydrogen) atoms. The van der Waals surface area contributed by atoms with Crippen molar-refractivity contribution >= 4 is 17.9 Å². The minimum atomic E-state index is -0.608. The molecule has 3 rings (SSSR count). The number of ether oxygens (including phenoxy) is 1. The molecule has 1 aromatic heterocycles. The minimum absolute atomic E-state index is 0.0231. The van der Waals surface area contributed by atoms with Crippen LogP contribution < -0.4 is 4.74 Å². The van der Waals surface area contributed by atoms with Crippen LogP contribution in [0.25, 0.3) is 6.08 Å². The first-order chi connectivity index (χ1) is 14.0. The normalized spacial score (nSPS) is 15.8. The predicted octanol–water partition coefficient (Wildman–Crippen LogP) is 4.25. The summed E-state index contributed by atoms with van der Waals surface area (Å²) in [6, 6.07) is 12.7. The second-order valence-electron chi connectivity index (χ2n) is 6.72. The second kappa shape index (κ2) is 9.07. The molecule has 1 aromatic carbocycles. The van der Waals surface area contributed by atoms with Crippen molar-refractivity contribution in [1.29, 1.82) is 5.26 Å². The Hall–Kier alpha value is -3.59. The van der Waals surface area contributed by atoms with E-state index in [0.717, 1.165) is 29.1 Å². The minimum Gasteiger partial charge on any atom is -0.494 e. The van der Waals surface area contributed by atoms with Gasteiger partial charge in [0.2, 0.25) is 0 Å². The van der Waals surface area contributed by atoms with Gasteiger partial charge in [-0.3, -0.25) is 14.5 Å². The first-order valence-electron chi connectivity index (χ1n) is 9.49. The topological polar surface area (TPSA) is 83.5 Å². The van der Waals surface area contributed by atoms with E-state index in [4.69, 9.17) is 9.15 Å². The summed E-state index contributed by atoms with van der Waals surface area (Å²) >= 11 is 0.